The molecule has 0 aliphatic heterocycles. The maximum atomic E-state index is 12.8. The second kappa shape index (κ2) is 7.80. The standard InChI is InChI=1S/C24H20N2O3/c1-15-7-8-17(9-19(15)12-24(28)21-14-26-29-16(21)2)10-23(27)20-11-18-5-3-4-6-22(18)25-13-20/h3-9,11,13-14H,10,12H2,1-2H3. The van der Waals surface area contributed by atoms with E-state index in [4.69, 9.17) is 4.52 Å². The topological polar surface area (TPSA) is 73.1 Å². The Balaban J connectivity index is 1.54. The molecule has 4 rings (SSSR count). The number of ketones is 2. The number of hydrogen-bond acceptors (Lipinski definition) is 5. The van der Waals surface area contributed by atoms with Gasteiger partial charge < -0.3 is 4.52 Å². The summed E-state index contributed by atoms with van der Waals surface area (Å²) in [5.74, 6) is 0.469. The van der Waals surface area contributed by atoms with E-state index in [9.17, 15) is 9.59 Å². The zero-order valence-corrected chi connectivity index (χ0v) is 16.3. The monoisotopic (exact) mass is 384 g/mol. The Bertz CT molecular complexity index is 1220. The minimum absolute atomic E-state index is 0.000684. The second-order valence-corrected chi connectivity index (χ2v) is 7.17. The molecule has 5 heteroatoms. The Hall–Kier alpha value is -3.60. The minimum Gasteiger partial charge on any atom is -0.361 e. The highest BCUT2D eigenvalue weighted by molar-refractivity contribution is 6.00. The SMILES string of the molecule is Cc1ccc(CC(=O)c2cnc3ccccc3c2)cc1CC(=O)c1cnoc1C. The molecule has 0 aliphatic carbocycles. The van der Waals surface area contributed by atoms with Gasteiger partial charge in [0.05, 0.1) is 17.3 Å². The van der Waals surface area contributed by atoms with Crippen LogP contribution in [0.25, 0.3) is 10.9 Å². The van der Waals surface area contributed by atoms with Crippen molar-refractivity contribution in [1.29, 1.82) is 0 Å². The summed E-state index contributed by atoms with van der Waals surface area (Å²) >= 11 is 0. The molecule has 4 aromatic rings. The molecule has 0 N–H and O–H groups in total. The van der Waals surface area contributed by atoms with Crippen LogP contribution < -0.4 is 0 Å². The first kappa shape index (κ1) is 18.7. The predicted octanol–water partition coefficient (Wildman–Crippen LogP) is 4.69. The number of rotatable bonds is 6. The van der Waals surface area contributed by atoms with E-state index in [0.717, 1.165) is 27.6 Å². The van der Waals surface area contributed by atoms with Gasteiger partial charge in [-0.15, -0.1) is 0 Å². The molecule has 0 saturated carbocycles. The summed E-state index contributed by atoms with van der Waals surface area (Å²) in [6, 6.07) is 15.4. The van der Waals surface area contributed by atoms with Crippen molar-refractivity contribution < 1.29 is 14.1 Å². The van der Waals surface area contributed by atoms with Gasteiger partial charge in [-0.1, -0.05) is 41.6 Å². The molecule has 0 amide bonds. The van der Waals surface area contributed by atoms with Crippen LogP contribution in [0.2, 0.25) is 0 Å². The van der Waals surface area contributed by atoms with Crippen LogP contribution in [-0.2, 0) is 12.8 Å². The van der Waals surface area contributed by atoms with Crippen molar-refractivity contribution in [1.82, 2.24) is 10.1 Å². The van der Waals surface area contributed by atoms with E-state index in [1.165, 1.54) is 6.20 Å². The van der Waals surface area contributed by atoms with Gasteiger partial charge >= 0.3 is 0 Å². The molecule has 144 valence electrons. The Morgan fingerprint density at radius 3 is 2.55 bits per heavy atom. The minimum atomic E-state index is -0.0472. The van der Waals surface area contributed by atoms with Gasteiger partial charge in [0, 0.05) is 30.0 Å². The molecule has 29 heavy (non-hydrogen) atoms. The average molecular weight is 384 g/mol. The lowest BCUT2D eigenvalue weighted by Crippen LogP contribution is -2.08. The maximum absolute atomic E-state index is 12.8. The van der Waals surface area contributed by atoms with E-state index in [1.54, 1.807) is 13.1 Å². The van der Waals surface area contributed by atoms with Crippen LogP contribution >= 0.6 is 0 Å². The Morgan fingerprint density at radius 2 is 1.76 bits per heavy atom. The number of aryl methyl sites for hydroxylation is 2. The molecule has 0 spiro atoms. The van der Waals surface area contributed by atoms with Crippen molar-refractivity contribution >= 4 is 22.5 Å². The first-order valence-electron chi connectivity index (χ1n) is 9.42. The molecule has 2 aromatic heterocycles. The van der Waals surface area contributed by atoms with Gasteiger partial charge in [-0.3, -0.25) is 14.6 Å². The summed E-state index contributed by atoms with van der Waals surface area (Å²) in [5.41, 5.74) is 4.73. The van der Waals surface area contributed by atoms with Crippen molar-refractivity contribution in [2.75, 3.05) is 0 Å². The van der Waals surface area contributed by atoms with Crippen LogP contribution in [0.1, 0.15) is 43.2 Å². The lowest BCUT2D eigenvalue weighted by atomic mass is 9.95. The third-order valence-electron chi connectivity index (χ3n) is 5.09. The predicted molar refractivity (Wildman–Crippen MR) is 110 cm³/mol. The molecule has 5 nitrogen and oxygen atoms in total. The number of nitrogens with zero attached hydrogens (tertiary/aromatic N) is 2. The zero-order valence-electron chi connectivity index (χ0n) is 16.3. The van der Waals surface area contributed by atoms with Gasteiger partial charge in [0.2, 0.25) is 0 Å². The summed E-state index contributed by atoms with van der Waals surface area (Å²) in [5, 5.41) is 4.61. The first-order chi connectivity index (χ1) is 14.0. The Kier molecular flexibility index (Phi) is 5.04. The molecule has 0 atom stereocenters. The smallest absolute Gasteiger partial charge is 0.172 e. The third kappa shape index (κ3) is 3.99. The molecule has 0 fully saturated rings. The molecule has 2 aromatic carbocycles. The van der Waals surface area contributed by atoms with Gasteiger partial charge in [0.25, 0.3) is 0 Å². The summed E-state index contributed by atoms with van der Waals surface area (Å²) in [7, 11) is 0. The second-order valence-electron chi connectivity index (χ2n) is 7.17. The van der Waals surface area contributed by atoms with Crippen molar-refractivity contribution in [2.24, 2.45) is 0 Å². The Labute approximate surface area is 168 Å². The number of carbonyl (C=O) groups is 2. The van der Waals surface area contributed by atoms with Crippen LogP contribution in [0, 0.1) is 13.8 Å². The lowest BCUT2D eigenvalue weighted by Gasteiger charge is -2.09. The van der Waals surface area contributed by atoms with Gasteiger partial charge in [-0.2, -0.15) is 0 Å². The average Bonchev–Trinajstić information content (AvgIpc) is 3.16. The highest BCUT2D eigenvalue weighted by Gasteiger charge is 2.16. The normalized spacial score (nSPS) is 11.0. The summed E-state index contributed by atoms with van der Waals surface area (Å²) in [4.78, 5) is 29.7. The number of para-hydroxylation sites is 1. The molecule has 0 radical (unpaired) electrons. The first-order valence-corrected chi connectivity index (χ1v) is 9.42. The van der Waals surface area contributed by atoms with Gasteiger partial charge in [0.15, 0.2) is 11.6 Å². The number of fused-ring (bicyclic) bond motifs is 1. The molecule has 2 heterocycles. The number of carbonyl (C=O) groups excluding carboxylic acids is 2. The summed E-state index contributed by atoms with van der Waals surface area (Å²) in [6.45, 7) is 3.68. The maximum Gasteiger partial charge on any atom is 0.172 e. The molecular formula is C24H20N2O3. The summed E-state index contributed by atoms with van der Waals surface area (Å²) < 4.78 is 4.99. The van der Waals surface area contributed by atoms with Crippen molar-refractivity contribution in [3.8, 4) is 0 Å². The Morgan fingerprint density at radius 1 is 0.931 bits per heavy atom. The number of Topliss-reactive ketones (excluding diaryl/α,β-unsaturated/α-hetero) is 2. The number of pyridine rings is 1. The highest BCUT2D eigenvalue weighted by atomic mass is 16.5. The van der Waals surface area contributed by atoms with Crippen LogP contribution in [-0.4, -0.2) is 21.7 Å². The fraction of sp³-hybridized carbons (Fsp3) is 0.167. The van der Waals surface area contributed by atoms with Gasteiger partial charge in [-0.05, 0) is 42.7 Å². The molecule has 0 saturated heterocycles. The van der Waals surface area contributed by atoms with Crippen molar-refractivity contribution in [3.63, 3.8) is 0 Å². The third-order valence-corrected chi connectivity index (χ3v) is 5.09. The lowest BCUT2D eigenvalue weighted by molar-refractivity contribution is 0.0985. The van der Waals surface area contributed by atoms with E-state index < -0.39 is 0 Å². The van der Waals surface area contributed by atoms with Crippen LogP contribution in [0.5, 0.6) is 0 Å². The fourth-order valence-corrected chi connectivity index (χ4v) is 3.37. The van der Waals surface area contributed by atoms with E-state index in [1.807, 2.05) is 55.5 Å². The fourth-order valence-electron chi connectivity index (χ4n) is 3.37. The molecular weight excluding hydrogens is 364 g/mol. The molecule has 0 bridgehead atoms. The van der Waals surface area contributed by atoms with Crippen molar-refractivity contribution in [3.05, 3.63) is 94.5 Å². The van der Waals surface area contributed by atoms with Gasteiger partial charge in [-0.25, -0.2) is 0 Å². The zero-order chi connectivity index (χ0) is 20.4. The van der Waals surface area contributed by atoms with Crippen LogP contribution in [0.3, 0.4) is 0 Å². The van der Waals surface area contributed by atoms with E-state index >= 15 is 0 Å². The largest absolute Gasteiger partial charge is 0.361 e. The summed E-state index contributed by atoms with van der Waals surface area (Å²) in [6.07, 6.45) is 3.58. The van der Waals surface area contributed by atoms with E-state index in [2.05, 4.69) is 10.1 Å². The highest BCUT2D eigenvalue weighted by Crippen LogP contribution is 2.19. The van der Waals surface area contributed by atoms with E-state index in [-0.39, 0.29) is 24.4 Å². The number of aromatic nitrogens is 2. The molecule has 0 unspecified atom stereocenters. The number of hydrogen-bond donors (Lipinski definition) is 0. The molecule has 0 aliphatic rings. The number of benzene rings is 2. The van der Waals surface area contributed by atoms with Gasteiger partial charge in [0.1, 0.15) is 5.76 Å². The van der Waals surface area contributed by atoms with E-state index in [0.29, 0.717) is 16.9 Å². The van der Waals surface area contributed by atoms with Crippen LogP contribution in [0.15, 0.2) is 65.4 Å². The van der Waals surface area contributed by atoms with Crippen LogP contribution in [0.4, 0.5) is 0 Å². The van der Waals surface area contributed by atoms with Crippen molar-refractivity contribution in [2.45, 2.75) is 26.7 Å². The quantitative estimate of drug-likeness (QED) is 0.451.